The van der Waals surface area contributed by atoms with Gasteiger partial charge in [-0.25, -0.2) is 4.98 Å². The smallest absolute Gasteiger partial charge is 0.312 e. The van der Waals surface area contributed by atoms with Crippen molar-refractivity contribution in [3.8, 4) is 17.2 Å². The van der Waals surface area contributed by atoms with Gasteiger partial charge < -0.3 is 58.7 Å². The van der Waals surface area contributed by atoms with Gasteiger partial charge in [-0.05, 0) is 38.8 Å². The Hall–Kier alpha value is -5.56. The molecule has 70 heavy (non-hydrogen) atoms. The molecule has 1 amide bonds. The Morgan fingerprint density at radius 2 is 1.59 bits per heavy atom. The largest absolute Gasteiger partial charge is 0.505 e. The van der Waals surface area contributed by atoms with Gasteiger partial charge in [0.25, 0.3) is 11.7 Å². The summed E-state index contributed by atoms with van der Waals surface area (Å²) in [6.07, 6.45) is 3.55. The van der Waals surface area contributed by atoms with E-state index in [4.69, 9.17) is 33.1 Å². The fourth-order valence-electron chi connectivity index (χ4n) is 9.94. The van der Waals surface area contributed by atoms with Crippen LogP contribution in [0.2, 0.25) is 0 Å². The quantitative estimate of drug-likeness (QED) is 0.0703. The van der Waals surface area contributed by atoms with Crippen molar-refractivity contribution in [2.24, 2.45) is 23.7 Å². The maximum absolute atomic E-state index is 15.0. The van der Waals surface area contributed by atoms with Crippen LogP contribution in [0.1, 0.15) is 89.7 Å². The molecule has 0 radical (unpaired) electrons. The number of ether oxygens (including phenoxy) is 5. The summed E-state index contributed by atoms with van der Waals surface area (Å²) in [4.78, 5) is 53.9. The molecule has 5 bridgehead atoms. The lowest BCUT2D eigenvalue weighted by Gasteiger charge is -2.36. The molecule has 380 valence electrons. The van der Waals surface area contributed by atoms with Gasteiger partial charge in [0.15, 0.2) is 28.1 Å². The molecule has 4 heterocycles. The fraction of sp³-hybridized carbons (Fsp3) is 0.547. The molecule has 7 rings (SSSR count). The number of aliphatic hydroxyl groups is 3. The maximum atomic E-state index is 15.0. The van der Waals surface area contributed by atoms with Crippen molar-refractivity contribution < 1.29 is 58.1 Å². The number of fused-ring (bicyclic) bond motifs is 5. The number of rotatable bonds is 8. The van der Waals surface area contributed by atoms with E-state index in [0.717, 1.165) is 30.9 Å². The summed E-state index contributed by atoms with van der Waals surface area (Å²) in [5.74, 6) is -6.27. The highest BCUT2D eigenvalue weighted by Crippen LogP contribution is 2.50. The summed E-state index contributed by atoms with van der Waals surface area (Å²) in [6, 6.07) is 2.04. The number of carbonyl (C=O) groups is 2. The van der Waals surface area contributed by atoms with E-state index in [-0.39, 0.29) is 68.1 Å². The molecule has 0 aliphatic carbocycles. The minimum Gasteiger partial charge on any atom is -0.505 e. The molecule has 1 fully saturated rings. The molecule has 0 unspecified atom stereocenters. The molecule has 3 aromatic carbocycles. The number of nitrogens with one attached hydrogen (secondary N) is 1. The van der Waals surface area contributed by atoms with E-state index < -0.39 is 76.7 Å². The monoisotopic (exact) mass is 970 g/mol. The zero-order valence-corrected chi connectivity index (χ0v) is 42.4. The van der Waals surface area contributed by atoms with E-state index in [2.05, 4.69) is 15.1 Å². The van der Waals surface area contributed by atoms with Crippen molar-refractivity contribution in [3.05, 3.63) is 69.1 Å². The van der Waals surface area contributed by atoms with Crippen LogP contribution in [0.3, 0.4) is 0 Å². The van der Waals surface area contributed by atoms with E-state index in [0.29, 0.717) is 31.0 Å². The first-order chi connectivity index (χ1) is 33.2. The number of anilines is 2. The molecule has 17 nitrogen and oxygen atoms in total. The van der Waals surface area contributed by atoms with E-state index in [1.165, 1.54) is 39.4 Å². The summed E-state index contributed by atoms with van der Waals surface area (Å²) in [5.41, 5.74) is 1.18. The van der Waals surface area contributed by atoms with Gasteiger partial charge in [0.05, 0.1) is 60.5 Å². The fourth-order valence-corrected chi connectivity index (χ4v) is 9.94. The Balaban J connectivity index is 1.52. The number of methoxy groups -OCH3 is 2. The minimum atomic E-state index is -2.05. The highest BCUT2D eigenvalue weighted by Gasteiger charge is 2.50. The van der Waals surface area contributed by atoms with E-state index >= 15 is 4.79 Å². The Morgan fingerprint density at radius 1 is 0.914 bits per heavy atom. The number of nitrogens with zero attached hydrogens (tertiary/aromatic N) is 3. The number of hydrogen-bond acceptors (Lipinski definition) is 16. The molecule has 3 aliphatic heterocycles. The second-order valence-corrected chi connectivity index (χ2v) is 19.5. The Kier molecular flexibility index (Phi) is 15.7. The van der Waals surface area contributed by atoms with Crippen LogP contribution in [-0.2, 0) is 19.0 Å². The van der Waals surface area contributed by atoms with Gasteiger partial charge in [0.1, 0.15) is 22.5 Å². The second-order valence-electron chi connectivity index (χ2n) is 19.5. The molecular weight excluding hydrogens is 901 g/mol. The zero-order chi connectivity index (χ0) is 51.1. The standard InChI is InChI=1S/C53H70N4O13/c1-13-67-48-33(26(2)3)25-34(57-20-18-56(19-21-57)22-24-65-11)39-50(48)69-49-40(54-39)36-37-45(61)32(9)47-38(36)51(63)53(10,70-47)68-23-17-35(66-12)29(6)43(59)31(8)44(60)30(7)42(58)27(4)15-14-16-28(5)52(64)55-41(49)46(37)62/h14-17,23,25-27,29-31,35,42-44,58-60,62H,13,18-22,24H2,1-12H3,(H,55,64)/b15-14+,23-17+,28-16-/t27-,29+,30+,31-,35-,42-,43+,44+,53-/m0/s1. The minimum absolute atomic E-state index is 0.000350. The molecule has 1 aromatic heterocycles. The topological polar surface area (TPSA) is 223 Å². The summed E-state index contributed by atoms with van der Waals surface area (Å²) in [5, 5.41) is 49.2. The zero-order valence-electron chi connectivity index (χ0n) is 42.4. The first kappa shape index (κ1) is 52.3. The second kappa shape index (κ2) is 21.0. The van der Waals surface area contributed by atoms with Crippen LogP contribution in [0.25, 0.3) is 33.0 Å². The highest BCUT2D eigenvalue weighted by molar-refractivity contribution is 6.26. The number of hydrogen-bond donors (Lipinski definition) is 5. The number of phenolic OH excluding ortho intramolecular Hbond substituents is 1. The summed E-state index contributed by atoms with van der Waals surface area (Å²) in [6.45, 7) is 21.7. The van der Waals surface area contributed by atoms with Gasteiger partial charge in [-0.1, -0.05) is 59.8 Å². The summed E-state index contributed by atoms with van der Waals surface area (Å²) < 4.78 is 36.9. The average Bonchev–Trinajstić information content (AvgIpc) is 3.61. The van der Waals surface area contributed by atoms with Crippen molar-refractivity contribution in [1.29, 1.82) is 0 Å². The van der Waals surface area contributed by atoms with Crippen molar-refractivity contribution in [3.63, 3.8) is 0 Å². The Bertz CT molecular complexity index is 2790. The van der Waals surface area contributed by atoms with E-state index in [1.54, 1.807) is 53.9 Å². The van der Waals surface area contributed by atoms with Crippen LogP contribution in [-0.4, -0.2) is 132 Å². The Labute approximate surface area is 408 Å². The lowest BCUT2D eigenvalue weighted by atomic mass is 9.78. The van der Waals surface area contributed by atoms with Crippen molar-refractivity contribution in [1.82, 2.24) is 9.88 Å². The number of benzene rings is 3. The summed E-state index contributed by atoms with van der Waals surface area (Å²) >= 11 is 0. The number of aromatic nitrogens is 1. The number of ketones is 1. The first-order valence-corrected chi connectivity index (χ1v) is 24.3. The normalized spacial score (nSPS) is 29.1. The van der Waals surface area contributed by atoms with Crippen LogP contribution in [0.15, 0.2) is 51.4 Å². The molecule has 0 saturated carbocycles. The van der Waals surface area contributed by atoms with Crippen molar-refractivity contribution >= 4 is 56.0 Å². The van der Waals surface area contributed by atoms with E-state index in [9.17, 15) is 30.0 Å². The third-order valence-corrected chi connectivity index (χ3v) is 14.5. The van der Waals surface area contributed by atoms with Crippen LogP contribution in [0.5, 0.6) is 17.2 Å². The first-order valence-electron chi connectivity index (χ1n) is 24.3. The molecule has 5 N–H and O–H groups in total. The maximum Gasteiger partial charge on any atom is 0.312 e. The number of Topliss-reactive ketones (excluding diaryl/α,β-unsaturated/α-hetero) is 1. The number of phenols is 1. The van der Waals surface area contributed by atoms with Gasteiger partial charge in [0.2, 0.25) is 0 Å². The number of aliphatic hydroxyl groups excluding tert-OH is 3. The number of piperazine rings is 1. The average molecular weight is 971 g/mol. The van der Waals surface area contributed by atoms with Crippen LogP contribution in [0.4, 0.5) is 11.4 Å². The van der Waals surface area contributed by atoms with Crippen LogP contribution >= 0.6 is 0 Å². The third kappa shape index (κ3) is 9.51. The highest BCUT2D eigenvalue weighted by atomic mass is 16.7. The molecule has 9 atom stereocenters. The van der Waals surface area contributed by atoms with Gasteiger partial charge in [0, 0.05) is 99.6 Å². The lowest BCUT2D eigenvalue weighted by molar-refractivity contribution is -0.112. The molecule has 17 heteroatoms. The number of amides is 1. The van der Waals surface area contributed by atoms with Crippen molar-refractivity contribution in [2.45, 2.75) is 105 Å². The molecular formula is C53H70N4O13. The number of allylic oxidation sites excluding steroid dienone is 2. The van der Waals surface area contributed by atoms with Gasteiger partial charge in [-0.15, -0.1) is 0 Å². The van der Waals surface area contributed by atoms with E-state index in [1.807, 2.05) is 26.8 Å². The lowest BCUT2D eigenvalue weighted by Crippen LogP contribution is -2.47. The third-order valence-electron chi connectivity index (χ3n) is 14.5. The number of carbonyl (C=O) groups excluding carboxylic acids is 2. The predicted molar refractivity (Wildman–Crippen MR) is 268 cm³/mol. The molecule has 4 aromatic rings. The Morgan fingerprint density at radius 3 is 2.23 bits per heavy atom. The van der Waals surface area contributed by atoms with Gasteiger partial charge in [-0.2, -0.15) is 0 Å². The SMILES string of the molecule is CCOc1c(C(C)C)cc(N2CCN(CCOC)CC2)c2nc3c(oc12)c1c(O)c2c(=O)c(C)c4c(c23)C(=O)[C@@](C)(O/C=C/[C@H](OC)[C@@H](C)[C@@H](O)[C@H](C)[C@H](O)[C@H](C)[C@@H](O)[C@@H](C)/C=C/C=C(/C)C(=O)N1)O4. The van der Waals surface area contributed by atoms with Crippen molar-refractivity contribution in [2.75, 3.05) is 70.4 Å². The number of aromatic hydroxyl groups is 1. The van der Waals surface area contributed by atoms with Crippen LogP contribution < -0.4 is 25.1 Å². The predicted octanol–water partition coefficient (Wildman–Crippen LogP) is 6.72. The molecule has 3 aliphatic rings. The summed E-state index contributed by atoms with van der Waals surface area (Å²) in [7, 11) is 3.13. The van der Waals surface area contributed by atoms with Crippen LogP contribution in [0, 0.1) is 30.6 Å². The van der Waals surface area contributed by atoms with Gasteiger partial charge >= 0.3 is 5.79 Å². The molecule has 1 saturated heterocycles. The molecule has 0 spiro atoms. The van der Waals surface area contributed by atoms with Gasteiger partial charge in [-0.3, -0.25) is 19.3 Å².